The average molecular weight is 641 g/mol. The first kappa shape index (κ1) is 33.7. The summed E-state index contributed by atoms with van der Waals surface area (Å²) < 4.78 is 58.3. The molecular weight excluding hydrogens is 592 g/mol. The Hall–Kier alpha value is -2.22. The quantitative estimate of drug-likeness (QED) is 0.308. The van der Waals surface area contributed by atoms with E-state index in [1.807, 2.05) is 12.1 Å². The molecule has 0 radical (unpaired) electrons. The second kappa shape index (κ2) is 13.0. The summed E-state index contributed by atoms with van der Waals surface area (Å²) in [5.74, 6) is -0.986. The number of carbonyl (C=O) groups excluding carboxylic acids is 2. The minimum Gasteiger partial charge on any atom is -0.465 e. The molecule has 1 amide bonds. The Morgan fingerprint density at radius 1 is 1.09 bits per heavy atom. The molecule has 1 saturated heterocycles. The number of ether oxygens (including phenoxy) is 1. The Labute approximate surface area is 257 Å². The van der Waals surface area contributed by atoms with Crippen molar-refractivity contribution in [1.82, 2.24) is 14.9 Å². The highest BCUT2D eigenvalue weighted by molar-refractivity contribution is 7.90. The standard InChI is InChI=1S/C30H48N4O7S2/c1-6-41-27(35)20-31-24(12-18-42(5,37)38)28(36)32-26-19-23-11-13-30(26,29(23,3)4)21-43(39,40)34-16-14-33(15-17-34)25-10-8-7-9-22(25)2/h7-10,23-24,26,31H,6,11-21H2,1-5H3,(H,32,36)/t23?,24-,26?,30?/m0/s1. The number of benzene rings is 1. The van der Waals surface area contributed by atoms with E-state index >= 15 is 0 Å². The van der Waals surface area contributed by atoms with Gasteiger partial charge in [-0.25, -0.2) is 16.8 Å². The summed E-state index contributed by atoms with van der Waals surface area (Å²) >= 11 is 0. The Bertz CT molecular complexity index is 1390. The number of sulfone groups is 1. The van der Waals surface area contributed by atoms with Gasteiger partial charge in [0.2, 0.25) is 15.9 Å². The summed E-state index contributed by atoms with van der Waals surface area (Å²) in [5.41, 5.74) is 1.30. The van der Waals surface area contributed by atoms with E-state index in [1.54, 1.807) is 11.2 Å². The number of amides is 1. The van der Waals surface area contributed by atoms with E-state index in [0.29, 0.717) is 39.0 Å². The van der Waals surface area contributed by atoms with Gasteiger partial charge in [-0.1, -0.05) is 32.0 Å². The van der Waals surface area contributed by atoms with Gasteiger partial charge in [0.15, 0.2) is 0 Å². The zero-order valence-corrected chi connectivity index (χ0v) is 27.7. The highest BCUT2D eigenvalue weighted by Crippen LogP contribution is 2.66. The van der Waals surface area contributed by atoms with Crippen molar-refractivity contribution in [2.45, 2.75) is 65.5 Å². The molecule has 4 atom stereocenters. The van der Waals surface area contributed by atoms with Crippen molar-refractivity contribution in [3.05, 3.63) is 29.8 Å². The highest BCUT2D eigenvalue weighted by Gasteiger charge is 2.66. The van der Waals surface area contributed by atoms with E-state index in [0.717, 1.165) is 23.9 Å². The summed E-state index contributed by atoms with van der Waals surface area (Å²) in [7, 11) is -7.00. The molecular formula is C30H48N4O7S2. The topological polar surface area (TPSA) is 142 Å². The molecule has 242 valence electrons. The number of sulfonamides is 1. The number of piperazine rings is 1. The van der Waals surface area contributed by atoms with Crippen LogP contribution in [0.4, 0.5) is 5.69 Å². The molecule has 1 aromatic rings. The first-order chi connectivity index (χ1) is 20.1. The van der Waals surface area contributed by atoms with Crippen molar-refractivity contribution in [1.29, 1.82) is 0 Å². The van der Waals surface area contributed by atoms with E-state index in [4.69, 9.17) is 4.74 Å². The van der Waals surface area contributed by atoms with Crippen LogP contribution in [-0.2, 0) is 34.2 Å². The zero-order chi connectivity index (χ0) is 31.6. The van der Waals surface area contributed by atoms with Crippen molar-refractivity contribution >= 4 is 37.4 Å². The van der Waals surface area contributed by atoms with Crippen LogP contribution < -0.4 is 15.5 Å². The average Bonchev–Trinajstić information content (AvgIpc) is 3.28. The van der Waals surface area contributed by atoms with Crippen molar-refractivity contribution in [3.63, 3.8) is 0 Å². The fraction of sp³-hybridized carbons (Fsp3) is 0.733. The van der Waals surface area contributed by atoms with Crippen LogP contribution in [0.2, 0.25) is 0 Å². The van der Waals surface area contributed by atoms with Crippen LogP contribution in [-0.4, -0.2) is 102 Å². The van der Waals surface area contributed by atoms with Gasteiger partial charge in [-0.15, -0.1) is 0 Å². The monoisotopic (exact) mass is 640 g/mol. The van der Waals surface area contributed by atoms with Crippen molar-refractivity contribution < 1.29 is 31.2 Å². The summed E-state index contributed by atoms with van der Waals surface area (Å²) in [5, 5.41) is 5.99. The van der Waals surface area contributed by atoms with Crippen LogP contribution >= 0.6 is 0 Å². The third-order valence-corrected chi connectivity index (χ3v) is 13.2. The molecule has 43 heavy (non-hydrogen) atoms. The third kappa shape index (κ3) is 7.37. The second-order valence-electron chi connectivity index (χ2n) is 13.0. The molecule has 2 bridgehead atoms. The van der Waals surface area contributed by atoms with Crippen LogP contribution in [0, 0.1) is 23.7 Å². The van der Waals surface area contributed by atoms with Crippen molar-refractivity contribution in [2.75, 3.05) is 62.0 Å². The molecule has 11 nitrogen and oxygen atoms in total. The molecule has 3 aliphatic rings. The summed E-state index contributed by atoms with van der Waals surface area (Å²) in [6.45, 7) is 9.95. The number of carbonyl (C=O) groups is 2. The molecule has 2 N–H and O–H groups in total. The SMILES string of the molecule is CCOC(=O)CN[C@@H](CCS(C)(=O)=O)C(=O)NC1CC2CCC1(CS(=O)(=O)N1CCN(c3ccccc3C)CC1)C2(C)C. The van der Waals surface area contributed by atoms with Gasteiger partial charge in [0.1, 0.15) is 9.84 Å². The minimum absolute atomic E-state index is 0.0138. The zero-order valence-electron chi connectivity index (χ0n) is 26.1. The molecule has 2 saturated carbocycles. The molecule has 3 unspecified atom stereocenters. The molecule has 4 rings (SSSR count). The first-order valence-corrected chi connectivity index (χ1v) is 18.9. The van der Waals surface area contributed by atoms with Gasteiger partial charge in [0.05, 0.1) is 30.7 Å². The van der Waals surface area contributed by atoms with E-state index in [9.17, 15) is 26.4 Å². The maximum atomic E-state index is 14.0. The smallest absolute Gasteiger partial charge is 0.319 e. The highest BCUT2D eigenvalue weighted by atomic mass is 32.2. The molecule has 3 fully saturated rings. The lowest BCUT2D eigenvalue weighted by atomic mass is 9.69. The number of anilines is 1. The lowest BCUT2D eigenvalue weighted by molar-refractivity contribution is -0.142. The normalized spacial score (nSPS) is 26.3. The predicted molar refractivity (Wildman–Crippen MR) is 167 cm³/mol. The second-order valence-corrected chi connectivity index (χ2v) is 17.2. The van der Waals surface area contributed by atoms with Crippen LogP contribution in [0.5, 0.6) is 0 Å². The van der Waals surface area contributed by atoms with Crippen LogP contribution in [0.25, 0.3) is 0 Å². The van der Waals surface area contributed by atoms with Gasteiger partial charge in [-0.2, -0.15) is 4.31 Å². The van der Waals surface area contributed by atoms with Crippen molar-refractivity contribution in [3.8, 4) is 0 Å². The number of hydrogen-bond donors (Lipinski definition) is 2. The lowest BCUT2D eigenvalue weighted by Gasteiger charge is -2.44. The molecule has 1 heterocycles. The molecule has 2 aliphatic carbocycles. The van der Waals surface area contributed by atoms with Gasteiger partial charge in [-0.3, -0.25) is 14.9 Å². The number of nitrogens with zero attached hydrogens (tertiary/aromatic N) is 2. The summed E-state index contributed by atoms with van der Waals surface area (Å²) in [6, 6.07) is 6.79. The van der Waals surface area contributed by atoms with Gasteiger partial charge in [0.25, 0.3) is 0 Å². The van der Waals surface area contributed by atoms with Crippen LogP contribution in [0.15, 0.2) is 24.3 Å². The van der Waals surface area contributed by atoms with Gasteiger partial charge in [0, 0.05) is 49.6 Å². The Morgan fingerprint density at radius 3 is 2.37 bits per heavy atom. The van der Waals surface area contributed by atoms with Gasteiger partial charge in [-0.05, 0) is 62.5 Å². The largest absolute Gasteiger partial charge is 0.465 e. The van der Waals surface area contributed by atoms with Crippen LogP contribution in [0.3, 0.4) is 0 Å². The van der Waals surface area contributed by atoms with E-state index in [2.05, 4.69) is 48.4 Å². The number of rotatable bonds is 13. The number of nitrogens with one attached hydrogen (secondary N) is 2. The van der Waals surface area contributed by atoms with Gasteiger partial charge >= 0.3 is 5.97 Å². The molecule has 1 aliphatic heterocycles. The first-order valence-electron chi connectivity index (χ1n) is 15.2. The summed E-state index contributed by atoms with van der Waals surface area (Å²) in [4.78, 5) is 27.8. The number of esters is 1. The minimum atomic E-state index is -3.64. The number of para-hydroxylation sites is 1. The van der Waals surface area contributed by atoms with Crippen molar-refractivity contribution in [2.24, 2.45) is 16.7 Å². The van der Waals surface area contributed by atoms with Crippen LogP contribution in [0.1, 0.15) is 52.0 Å². The third-order valence-electron chi connectivity index (χ3n) is 10.2. The molecule has 1 aromatic carbocycles. The Balaban J connectivity index is 1.48. The fourth-order valence-electron chi connectivity index (χ4n) is 7.51. The maximum Gasteiger partial charge on any atom is 0.319 e. The number of hydrogen-bond acceptors (Lipinski definition) is 9. The fourth-order valence-corrected chi connectivity index (χ4v) is 10.4. The van der Waals surface area contributed by atoms with E-state index < -0.39 is 43.2 Å². The predicted octanol–water partition coefficient (Wildman–Crippen LogP) is 1.71. The molecule has 0 spiro atoms. The Morgan fingerprint density at radius 2 is 1.77 bits per heavy atom. The molecule has 0 aromatic heterocycles. The summed E-state index contributed by atoms with van der Waals surface area (Å²) in [6.07, 6.45) is 3.33. The van der Waals surface area contributed by atoms with Gasteiger partial charge < -0.3 is 15.0 Å². The van der Waals surface area contributed by atoms with E-state index in [1.165, 1.54) is 0 Å². The number of fused-ring (bicyclic) bond motifs is 2. The van der Waals surface area contributed by atoms with E-state index in [-0.39, 0.29) is 48.5 Å². The lowest BCUT2D eigenvalue weighted by Crippen LogP contribution is -2.58. The molecule has 13 heteroatoms. The maximum absolute atomic E-state index is 14.0. The number of aryl methyl sites for hydroxylation is 1. The Kier molecular flexibility index (Phi) is 10.2.